The van der Waals surface area contributed by atoms with Gasteiger partial charge in [0.05, 0.1) is 0 Å². The number of hydrogen-bond acceptors (Lipinski definition) is 3. The minimum absolute atomic E-state index is 0.774. The number of thiophene rings is 1. The van der Waals surface area contributed by atoms with E-state index in [1.165, 1.54) is 0 Å². The molecule has 2 heterocycles. The van der Waals surface area contributed by atoms with Crippen molar-refractivity contribution in [3.8, 4) is 11.4 Å². The molecule has 1 aromatic carbocycles. The maximum absolute atomic E-state index is 4.57. The van der Waals surface area contributed by atoms with Crippen LogP contribution in [-0.4, -0.2) is 9.97 Å². The lowest BCUT2D eigenvalue weighted by atomic mass is 10.2. The van der Waals surface area contributed by atoms with Gasteiger partial charge in [0.15, 0.2) is 5.82 Å². The Morgan fingerprint density at radius 1 is 1.18 bits per heavy atom. The van der Waals surface area contributed by atoms with Gasteiger partial charge in [0.2, 0.25) is 0 Å². The Kier molecular flexibility index (Phi) is 2.46. The zero-order chi connectivity index (χ0) is 11.7. The van der Waals surface area contributed by atoms with Gasteiger partial charge in [0.1, 0.15) is 4.83 Å². The summed E-state index contributed by atoms with van der Waals surface area (Å²) in [6.07, 6.45) is 3.71. The molecule has 0 amide bonds. The van der Waals surface area contributed by atoms with Crippen LogP contribution >= 0.6 is 11.3 Å². The third-order valence-electron chi connectivity index (χ3n) is 2.53. The fourth-order valence-electron chi connectivity index (χ4n) is 1.68. The predicted molar refractivity (Wildman–Crippen MR) is 72.9 cm³/mol. The van der Waals surface area contributed by atoms with Crippen LogP contribution in [0, 0.1) is 0 Å². The largest absolute Gasteiger partial charge is 0.236 e. The Hall–Kier alpha value is -2.00. The van der Waals surface area contributed by atoms with E-state index in [0.29, 0.717) is 0 Å². The standard InChI is InChI=1S/C14H10N2S/c1-2-12-8-11-9-15-13(16-14(11)17-12)10-6-4-3-5-7-10/h2-9H,1H2. The summed E-state index contributed by atoms with van der Waals surface area (Å²) in [5.74, 6) is 0.774. The van der Waals surface area contributed by atoms with Crippen LogP contribution in [0.1, 0.15) is 4.88 Å². The lowest BCUT2D eigenvalue weighted by molar-refractivity contribution is 1.24. The molecule has 0 atom stereocenters. The highest BCUT2D eigenvalue weighted by Gasteiger charge is 2.05. The highest BCUT2D eigenvalue weighted by molar-refractivity contribution is 7.19. The Morgan fingerprint density at radius 3 is 2.76 bits per heavy atom. The number of hydrogen-bond donors (Lipinski definition) is 0. The SMILES string of the molecule is C=Cc1cc2cnc(-c3ccccc3)nc2s1. The van der Waals surface area contributed by atoms with Crippen LogP contribution in [0.3, 0.4) is 0 Å². The topological polar surface area (TPSA) is 25.8 Å². The lowest BCUT2D eigenvalue weighted by Gasteiger charge is -1.98. The summed E-state index contributed by atoms with van der Waals surface area (Å²) in [7, 11) is 0. The molecule has 0 radical (unpaired) electrons. The first kappa shape index (κ1) is 10.2. The molecule has 0 aliphatic carbocycles. The van der Waals surface area contributed by atoms with Crippen LogP contribution < -0.4 is 0 Å². The number of aromatic nitrogens is 2. The van der Waals surface area contributed by atoms with E-state index >= 15 is 0 Å². The number of rotatable bonds is 2. The first-order valence-corrected chi connectivity index (χ1v) is 6.13. The number of nitrogens with zero attached hydrogens (tertiary/aromatic N) is 2. The maximum Gasteiger partial charge on any atom is 0.160 e. The predicted octanol–water partition coefficient (Wildman–Crippen LogP) is 4.00. The molecule has 82 valence electrons. The van der Waals surface area contributed by atoms with E-state index < -0.39 is 0 Å². The van der Waals surface area contributed by atoms with Crippen molar-refractivity contribution in [1.82, 2.24) is 9.97 Å². The fourth-order valence-corrected chi connectivity index (χ4v) is 2.53. The maximum atomic E-state index is 4.57. The minimum Gasteiger partial charge on any atom is -0.236 e. The molecule has 17 heavy (non-hydrogen) atoms. The summed E-state index contributed by atoms with van der Waals surface area (Å²) in [4.78, 5) is 11.1. The molecule has 0 bridgehead atoms. The van der Waals surface area contributed by atoms with Crippen LogP contribution in [-0.2, 0) is 0 Å². The van der Waals surface area contributed by atoms with Gasteiger partial charge in [-0.05, 0) is 6.07 Å². The molecule has 3 heteroatoms. The molecule has 0 unspecified atom stereocenters. The van der Waals surface area contributed by atoms with Gasteiger partial charge in [-0.2, -0.15) is 0 Å². The molecular formula is C14H10N2S. The van der Waals surface area contributed by atoms with E-state index in [1.54, 1.807) is 11.3 Å². The summed E-state index contributed by atoms with van der Waals surface area (Å²) in [5.41, 5.74) is 1.04. The van der Waals surface area contributed by atoms with Gasteiger partial charge in [-0.15, -0.1) is 11.3 Å². The molecule has 2 aromatic heterocycles. The normalized spacial score (nSPS) is 10.6. The van der Waals surface area contributed by atoms with Gasteiger partial charge < -0.3 is 0 Å². The van der Waals surface area contributed by atoms with E-state index in [-0.39, 0.29) is 0 Å². The third kappa shape index (κ3) is 1.85. The van der Waals surface area contributed by atoms with E-state index in [0.717, 1.165) is 26.5 Å². The van der Waals surface area contributed by atoms with Crippen molar-refractivity contribution in [2.45, 2.75) is 0 Å². The second kappa shape index (κ2) is 4.11. The quantitative estimate of drug-likeness (QED) is 0.674. The van der Waals surface area contributed by atoms with E-state index in [4.69, 9.17) is 0 Å². The Balaban J connectivity index is 2.16. The molecule has 0 saturated heterocycles. The van der Waals surface area contributed by atoms with Crippen LogP contribution in [0.15, 0.2) is 49.2 Å². The molecule has 0 spiro atoms. The summed E-state index contributed by atoms with van der Waals surface area (Å²) in [5, 5.41) is 1.07. The second-order valence-electron chi connectivity index (χ2n) is 3.67. The summed E-state index contributed by atoms with van der Waals surface area (Å²) in [6.45, 7) is 3.77. The summed E-state index contributed by atoms with van der Waals surface area (Å²) in [6, 6.07) is 12.1. The summed E-state index contributed by atoms with van der Waals surface area (Å²) < 4.78 is 0. The average Bonchev–Trinajstić information content (AvgIpc) is 2.81. The smallest absolute Gasteiger partial charge is 0.160 e. The lowest BCUT2D eigenvalue weighted by Crippen LogP contribution is -1.86. The van der Waals surface area contributed by atoms with Crippen molar-refractivity contribution >= 4 is 27.6 Å². The van der Waals surface area contributed by atoms with E-state index in [9.17, 15) is 0 Å². The highest BCUT2D eigenvalue weighted by Crippen LogP contribution is 2.26. The third-order valence-corrected chi connectivity index (χ3v) is 3.57. The Morgan fingerprint density at radius 2 is 2.00 bits per heavy atom. The molecule has 0 fully saturated rings. The molecular weight excluding hydrogens is 228 g/mol. The van der Waals surface area contributed by atoms with Crippen molar-refractivity contribution in [2.24, 2.45) is 0 Å². The number of benzene rings is 1. The number of fused-ring (bicyclic) bond motifs is 1. The zero-order valence-corrected chi connectivity index (χ0v) is 9.95. The molecule has 0 aliphatic rings. The van der Waals surface area contributed by atoms with Crippen molar-refractivity contribution < 1.29 is 0 Å². The molecule has 3 rings (SSSR count). The molecule has 3 aromatic rings. The Labute approximate surface area is 103 Å². The van der Waals surface area contributed by atoms with Crippen LogP contribution in [0.4, 0.5) is 0 Å². The second-order valence-corrected chi connectivity index (χ2v) is 4.74. The van der Waals surface area contributed by atoms with Crippen molar-refractivity contribution in [3.05, 3.63) is 54.1 Å². The van der Waals surface area contributed by atoms with Crippen LogP contribution in [0.2, 0.25) is 0 Å². The highest BCUT2D eigenvalue weighted by atomic mass is 32.1. The molecule has 2 nitrogen and oxygen atoms in total. The van der Waals surface area contributed by atoms with Crippen molar-refractivity contribution in [2.75, 3.05) is 0 Å². The minimum atomic E-state index is 0.774. The van der Waals surface area contributed by atoms with E-state index in [1.807, 2.05) is 42.6 Å². The van der Waals surface area contributed by atoms with Gasteiger partial charge in [-0.3, -0.25) is 0 Å². The fraction of sp³-hybridized carbons (Fsp3) is 0. The van der Waals surface area contributed by atoms with Gasteiger partial charge in [0, 0.05) is 22.0 Å². The first-order valence-electron chi connectivity index (χ1n) is 5.31. The van der Waals surface area contributed by atoms with Gasteiger partial charge in [-0.25, -0.2) is 9.97 Å². The van der Waals surface area contributed by atoms with Gasteiger partial charge >= 0.3 is 0 Å². The van der Waals surface area contributed by atoms with Gasteiger partial charge in [0.25, 0.3) is 0 Å². The van der Waals surface area contributed by atoms with Crippen LogP contribution in [0.5, 0.6) is 0 Å². The molecule has 0 aliphatic heterocycles. The summed E-state index contributed by atoms with van der Waals surface area (Å²) >= 11 is 1.64. The molecule has 0 N–H and O–H groups in total. The van der Waals surface area contributed by atoms with Crippen molar-refractivity contribution in [3.63, 3.8) is 0 Å². The van der Waals surface area contributed by atoms with E-state index in [2.05, 4.69) is 22.6 Å². The monoisotopic (exact) mass is 238 g/mol. The van der Waals surface area contributed by atoms with Crippen LogP contribution in [0.25, 0.3) is 27.7 Å². The average molecular weight is 238 g/mol. The zero-order valence-electron chi connectivity index (χ0n) is 9.13. The Bertz CT molecular complexity index is 671. The van der Waals surface area contributed by atoms with Crippen molar-refractivity contribution in [1.29, 1.82) is 0 Å². The first-order chi connectivity index (χ1) is 8.36. The molecule has 0 saturated carbocycles. The van der Waals surface area contributed by atoms with Gasteiger partial charge in [-0.1, -0.05) is 43.0 Å².